The minimum atomic E-state index is -3.12. The van der Waals surface area contributed by atoms with Gasteiger partial charge in [0.15, 0.2) is 0 Å². The lowest BCUT2D eigenvalue weighted by Gasteiger charge is -2.24. The predicted octanol–water partition coefficient (Wildman–Crippen LogP) is 0.376. The van der Waals surface area contributed by atoms with Gasteiger partial charge in [-0.2, -0.15) is 0 Å². The Labute approximate surface area is 91.2 Å². The van der Waals surface area contributed by atoms with Crippen LogP contribution in [0.1, 0.15) is 25.7 Å². The third-order valence-corrected chi connectivity index (χ3v) is 4.97. The summed E-state index contributed by atoms with van der Waals surface area (Å²) in [5.41, 5.74) is 0. The molecule has 0 amide bonds. The van der Waals surface area contributed by atoms with Gasteiger partial charge in [-0.25, -0.2) is 13.1 Å². The van der Waals surface area contributed by atoms with Crippen LogP contribution in [-0.4, -0.2) is 32.8 Å². The monoisotopic (exact) mass is 230 g/mol. The van der Waals surface area contributed by atoms with Crippen molar-refractivity contribution in [3.8, 4) is 0 Å². The Balaban J connectivity index is 1.93. The van der Waals surface area contributed by atoms with Gasteiger partial charge in [0.05, 0.1) is 5.25 Å². The molecule has 2 rings (SSSR count). The van der Waals surface area contributed by atoms with Gasteiger partial charge in [-0.15, -0.1) is 0 Å². The molecule has 86 valence electrons. The summed E-state index contributed by atoms with van der Waals surface area (Å²) < 4.78 is 26.7. The Morgan fingerprint density at radius 2 is 2.00 bits per heavy atom. The van der Waals surface area contributed by atoms with E-state index in [1.807, 2.05) is 12.2 Å². The maximum Gasteiger partial charge on any atom is 0.216 e. The van der Waals surface area contributed by atoms with E-state index in [9.17, 15) is 8.42 Å². The topological polar surface area (TPSA) is 58.2 Å². The Kier molecular flexibility index (Phi) is 3.43. The first kappa shape index (κ1) is 11.1. The molecule has 5 heteroatoms. The minimum Gasteiger partial charge on any atom is -0.315 e. The van der Waals surface area contributed by atoms with Gasteiger partial charge < -0.3 is 5.32 Å². The highest BCUT2D eigenvalue weighted by molar-refractivity contribution is 7.90. The van der Waals surface area contributed by atoms with Crippen LogP contribution in [-0.2, 0) is 10.0 Å². The van der Waals surface area contributed by atoms with E-state index in [2.05, 4.69) is 10.0 Å². The highest BCUT2D eigenvalue weighted by atomic mass is 32.2. The summed E-state index contributed by atoms with van der Waals surface area (Å²) in [5, 5.41) is 2.89. The summed E-state index contributed by atoms with van der Waals surface area (Å²) in [7, 11) is -3.12. The molecule has 2 aliphatic rings. The molecule has 0 aromatic carbocycles. The van der Waals surface area contributed by atoms with Gasteiger partial charge in [0.2, 0.25) is 10.0 Å². The predicted molar refractivity (Wildman–Crippen MR) is 60.1 cm³/mol. The van der Waals surface area contributed by atoms with E-state index in [1.54, 1.807) is 0 Å². The molecular weight excluding hydrogens is 212 g/mol. The second-order valence-electron chi connectivity index (χ2n) is 4.27. The fourth-order valence-corrected chi connectivity index (χ4v) is 3.79. The second kappa shape index (κ2) is 4.63. The molecule has 1 aliphatic carbocycles. The normalized spacial score (nSPS) is 28.4. The number of hydrogen-bond donors (Lipinski definition) is 2. The Morgan fingerprint density at radius 1 is 1.27 bits per heavy atom. The van der Waals surface area contributed by atoms with Gasteiger partial charge in [0, 0.05) is 12.6 Å². The molecule has 0 aromatic heterocycles. The Bertz CT molecular complexity index is 323. The van der Waals surface area contributed by atoms with Crippen molar-refractivity contribution in [1.82, 2.24) is 10.0 Å². The number of piperidine rings is 1. The number of rotatable bonds is 3. The molecule has 0 radical (unpaired) electrons. The lowest BCUT2D eigenvalue weighted by atomic mass is 10.2. The van der Waals surface area contributed by atoms with Gasteiger partial charge in [-0.3, -0.25) is 0 Å². The Hall–Kier alpha value is -0.390. The van der Waals surface area contributed by atoms with Crippen molar-refractivity contribution in [2.24, 2.45) is 0 Å². The zero-order valence-corrected chi connectivity index (χ0v) is 9.59. The maximum absolute atomic E-state index is 12.0. The van der Waals surface area contributed by atoms with Gasteiger partial charge in [-0.05, 0) is 32.2 Å². The van der Waals surface area contributed by atoms with Crippen molar-refractivity contribution in [1.29, 1.82) is 0 Å². The molecule has 0 saturated carbocycles. The summed E-state index contributed by atoms with van der Waals surface area (Å²) in [6.45, 7) is 1.53. The fraction of sp³-hybridized carbons (Fsp3) is 0.800. The van der Waals surface area contributed by atoms with Crippen LogP contribution in [0.25, 0.3) is 0 Å². The fourth-order valence-electron chi connectivity index (χ4n) is 2.13. The van der Waals surface area contributed by atoms with E-state index < -0.39 is 10.0 Å². The zero-order chi connectivity index (χ0) is 10.7. The molecule has 1 heterocycles. The number of sulfonamides is 1. The highest BCUT2D eigenvalue weighted by Crippen LogP contribution is 2.15. The van der Waals surface area contributed by atoms with E-state index in [4.69, 9.17) is 0 Å². The van der Waals surface area contributed by atoms with E-state index in [0.717, 1.165) is 32.2 Å². The van der Waals surface area contributed by atoms with Crippen LogP contribution >= 0.6 is 0 Å². The van der Waals surface area contributed by atoms with Crippen molar-refractivity contribution in [3.05, 3.63) is 12.2 Å². The van der Waals surface area contributed by atoms with Crippen molar-refractivity contribution < 1.29 is 8.42 Å². The molecule has 4 nitrogen and oxygen atoms in total. The van der Waals surface area contributed by atoms with Crippen molar-refractivity contribution >= 4 is 10.0 Å². The first-order valence-corrected chi connectivity index (χ1v) is 7.10. The number of nitrogens with one attached hydrogen (secondary N) is 2. The molecule has 1 aliphatic heterocycles. The maximum atomic E-state index is 12.0. The van der Waals surface area contributed by atoms with Crippen LogP contribution in [0.4, 0.5) is 0 Å². The van der Waals surface area contributed by atoms with Gasteiger partial charge >= 0.3 is 0 Å². The SMILES string of the molecule is O=S(=O)(NC1CC=CC1)C1CCCNC1. The van der Waals surface area contributed by atoms with Crippen LogP contribution in [0.2, 0.25) is 0 Å². The van der Waals surface area contributed by atoms with Crippen molar-refractivity contribution in [2.75, 3.05) is 13.1 Å². The molecule has 0 aromatic rings. The van der Waals surface area contributed by atoms with E-state index in [1.165, 1.54) is 0 Å². The third kappa shape index (κ3) is 2.80. The molecule has 1 unspecified atom stereocenters. The molecule has 2 N–H and O–H groups in total. The summed E-state index contributed by atoms with van der Waals surface area (Å²) in [6, 6.07) is 0.0944. The quantitative estimate of drug-likeness (QED) is 0.689. The highest BCUT2D eigenvalue weighted by Gasteiger charge is 2.29. The summed E-state index contributed by atoms with van der Waals surface area (Å²) >= 11 is 0. The van der Waals surface area contributed by atoms with E-state index in [0.29, 0.717) is 6.54 Å². The van der Waals surface area contributed by atoms with Crippen LogP contribution < -0.4 is 10.0 Å². The molecule has 0 spiro atoms. The molecule has 1 fully saturated rings. The molecule has 15 heavy (non-hydrogen) atoms. The standard InChI is InChI=1S/C10H18N2O2S/c13-15(14,10-6-3-7-11-8-10)12-9-4-1-2-5-9/h1-2,9-12H,3-8H2. The lowest BCUT2D eigenvalue weighted by Crippen LogP contribution is -2.46. The van der Waals surface area contributed by atoms with E-state index >= 15 is 0 Å². The van der Waals surface area contributed by atoms with Crippen LogP contribution in [0.5, 0.6) is 0 Å². The average molecular weight is 230 g/mol. The van der Waals surface area contributed by atoms with Crippen LogP contribution in [0.3, 0.4) is 0 Å². The smallest absolute Gasteiger partial charge is 0.216 e. The van der Waals surface area contributed by atoms with Gasteiger partial charge in [-0.1, -0.05) is 12.2 Å². The number of hydrogen-bond acceptors (Lipinski definition) is 3. The second-order valence-corrected chi connectivity index (χ2v) is 6.26. The van der Waals surface area contributed by atoms with Crippen LogP contribution in [0.15, 0.2) is 12.2 Å². The van der Waals surface area contributed by atoms with Gasteiger partial charge in [0.25, 0.3) is 0 Å². The van der Waals surface area contributed by atoms with Gasteiger partial charge in [0.1, 0.15) is 0 Å². The van der Waals surface area contributed by atoms with Crippen molar-refractivity contribution in [3.63, 3.8) is 0 Å². The summed E-state index contributed by atoms with van der Waals surface area (Å²) in [5.74, 6) is 0. The largest absolute Gasteiger partial charge is 0.315 e. The first-order chi connectivity index (χ1) is 7.18. The van der Waals surface area contributed by atoms with Crippen LogP contribution in [0, 0.1) is 0 Å². The molecular formula is C10H18N2O2S. The molecule has 1 atom stereocenters. The summed E-state index contributed by atoms with van der Waals surface area (Å²) in [4.78, 5) is 0. The molecule has 1 saturated heterocycles. The lowest BCUT2D eigenvalue weighted by molar-refractivity contribution is 0.482. The minimum absolute atomic E-state index is 0.0944. The summed E-state index contributed by atoms with van der Waals surface area (Å²) in [6.07, 6.45) is 7.47. The van der Waals surface area contributed by atoms with E-state index in [-0.39, 0.29) is 11.3 Å². The zero-order valence-electron chi connectivity index (χ0n) is 8.78. The van der Waals surface area contributed by atoms with Crippen molar-refractivity contribution in [2.45, 2.75) is 37.0 Å². The Morgan fingerprint density at radius 3 is 2.60 bits per heavy atom. The first-order valence-electron chi connectivity index (χ1n) is 5.55. The molecule has 0 bridgehead atoms. The third-order valence-electron chi connectivity index (χ3n) is 3.03. The average Bonchev–Trinajstić information content (AvgIpc) is 2.71.